The molecule has 0 spiro atoms. The summed E-state index contributed by atoms with van der Waals surface area (Å²) in [6.45, 7) is 9.60. The lowest BCUT2D eigenvalue weighted by Crippen LogP contribution is -2.46. The maximum absolute atomic E-state index is 13.4. The molecule has 4 atom stereocenters. The van der Waals surface area contributed by atoms with Gasteiger partial charge in [-0.15, -0.1) is 0 Å². The van der Waals surface area contributed by atoms with Gasteiger partial charge in [-0.2, -0.15) is 0 Å². The van der Waals surface area contributed by atoms with E-state index in [1.165, 1.54) is 25.7 Å². The molecule has 0 aliphatic heterocycles. The van der Waals surface area contributed by atoms with Crippen LogP contribution >= 0.6 is 0 Å². The predicted octanol–water partition coefficient (Wildman–Crippen LogP) is 9.18. The highest BCUT2D eigenvalue weighted by Gasteiger charge is 2.38. The van der Waals surface area contributed by atoms with Crippen molar-refractivity contribution in [1.29, 1.82) is 0 Å². The van der Waals surface area contributed by atoms with Crippen molar-refractivity contribution in [2.75, 3.05) is 13.2 Å². The lowest BCUT2D eigenvalue weighted by atomic mass is 9.91. The number of hydrogen-bond donors (Lipinski definition) is 2. The van der Waals surface area contributed by atoms with Crippen molar-refractivity contribution in [3.8, 4) is 0 Å². The molecule has 4 unspecified atom stereocenters. The number of aliphatic hydroxyl groups excluding tert-OH is 2. The SMILES string of the molecule is C.C.CCCCCCCCCC(C(=O)OC(CC)(CO)COC(=O)C(C)CCCCCC)C(O)CCCCCC. The van der Waals surface area contributed by atoms with Gasteiger partial charge in [-0.25, -0.2) is 0 Å². The molecule has 0 saturated heterocycles. The number of ether oxygens (including phenoxy) is 2. The van der Waals surface area contributed by atoms with Crippen LogP contribution in [-0.4, -0.2) is 47.1 Å². The van der Waals surface area contributed by atoms with Gasteiger partial charge >= 0.3 is 11.9 Å². The van der Waals surface area contributed by atoms with E-state index in [9.17, 15) is 19.8 Å². The molecule has 0 aliphatic carbocycles. The quantitative estimate of drug-likeness (QED) is 0.0790. The summed E-state index contributed by atoms with van der Waals surface area (Å²) in [4.78, 5) is 25.9. The van der Waals surface area contributed by atoms with E-state index in [1.807, 2.05) is 13.8 Å². The van der Waals surface area contributed by atoms with Crippen molar-refractivity contribution in [2.24, 2.45) is 11.8 Å². The molecule has 0 aromatic heterocycles. The van der Waals surface area contributed by atoms with Crippen LogP contribution in [0.4, 0.5) is 0 Å². The lowest BCUT2D eigenvalue weighted by Gasteiger charge is -2.33. The Morgan fingerprint density at radius 3 is 1.62 bits per heavy atom. The fourth-order valence-electron chi connectivity index (χ4n) is 4.79. The summed E-state index contributed by atoms with van der Waals surface area (Å²) in [7, 11) is 0. The number of rotatable bonds is 26. The Morgan fingerprint density at radius 1 is 0.675 bits per heavy atom. The molecule has 0 amide bonds. The first-order chi connectivity index (χ1) is 18.3. The molecule has 6 heteroatoms. The predicted molar refractivity (Wildman–Crippen MR) is 169 cm³/mol. The number of esters is 2. The number of unbranched alkanes of at least 4 members (excludes halogenated alkanes) is 12. The van der Waals surface area contributed by atoms with E-state index in [-0.39, 0.29) is 33.3 Å². The van der Waals surface area contributed by atoms with Gasteiger partial charge in [-0.05, 0) is 25.7 Å². The molecule has 2 N–H and O–H groups in total. The van der Waals surface area contributed by atoms with Crippen LogP contribution in [0.15, 0.2) is 0 Å². The molecule has 0 aliphatic rings. The topological polar surface area (TPSA) is 93.1 Å². The van der Waals surface area contributed by atoms with Gasteiger partial charge in [0.25, 0.3) is 0 Å². The number of carbonyl (C=O) groups is 2. The first-order valence-corrected chi connectivity index (χ1v) is 16.0. The summed E-state index contributed by atoms with van der Waals surface area (Å²) in [6.07, 6.45) is 17.9. The summed E-state index contributed by atoms with van der Waals surface area (Å²) in [6, 6.07) is 0. The molecule has 0 rings (SSSR count). The molecule has 0 heterocycles. The second-order valence-electron chi connectivity index (χ2n) is 11.4. The fraction of sp³-hybridized carbons (Fsp3) is 0.941. The van der Waals surface area contributed by atoms with Gasteiger partial charge in [0.15, 0.2) is 5.60 Å². The zero-order valence-electron chi connectivity index (χ0n) is 25.6. The number of carbonyl (C=O) groups excluding carboxylic acids is 2. The maximum Gasteiger partial charge on any atom is 0.312 e. The smallest absolute Gasteiger partial charge is 0.312 e. The maximum atomic E-state index is 13.4. The molecule has 0 aromatic carbocycles. The van der Waals surface area contributed by atoms with Gasteiger partial charge in [0.2, 0.25) is 0 Å². The van der Waals surface area contributed by atoms with Crippen LogP contribution < -0.4 is 0 Å². The second-order valence-corrected chi connectivity index (χ2v) is 11.4. The highest BCUT2D eigenvalue weighted by molar-refractivity contribution is 5.74. The fourth-order valence-corrected chi connectivity index (χ4v) is 4.79. The van der Waals surface area contributed by atoms with E-state index in [0.29, 0.717) is 19.3 Å². The standard InChI is InChI=1S/C32H62O6.2CH4/c1-6-10-13-16-17-18-20-23-28(29(34)24-21-15-12-8-3)31(36)38-32(9-4,25-33)26-37-30(35)27(5)22-19-14-11-7-2;;/h27-29,33-34H,6-26H2,1-5H3;2*1H4. The van der Waals surface area contributed by atoms with E-state index in [1.54, 1.807) is 0 Å². The molecule has 0 saturated carbocycles. The lowest BCUT2D eigenvalue weighted by molar-refractivity contribution is -0.187. The molecule has 242 valence electrons. The Bertz CT molecular complexity index is 575. The van der Waals surface area contributed by atoms with Crippen molar-refractivity contribution < 1.29 is 29.3 Å². The Labute approximate surface area is 249 Å². The highest BCUT2D eigenvalue weighted by atomic mass is 16.6. The molecular formula is C34H70O6. The van der Waals surface area contributed by atoms with Gasteiger partial charge in [-0.3, -0.25) is 9.59 Å². The normalized spacial score (nSPS) is 14.7. The number of hydrogen-bond acceptors (Lipinski definition) is 6. The van der Waals surface area contributed by atoms with Crippen molar-refractivity contribution in [3.05, 3.63) is 0 Å². The summed E-state index contributed by atoms with van der Waals surface area (Å²) in [5.74, 6) is -1.67. The molecule has 0 radical (unpaired) electrons. The van der Waals surface area contributed by atoms with Crippen molar-refractivity contribution in [3.63, 3.8) is 0 Å². The van der Waals surface area contributed by atoms with Crippen LogP contribution in [0.5, 0.6) is 0 Å². The Kier molecular flexibility index (Phi) is 30.3. The Hall–Kier alpha value is -1.14. The largest absolute Gasteiger partial charge is 0.461 e. The molecular weight excluding hydrogens is 504 g/mol. The average molecular weight is 575 g/mol. The van der Waals surface area contributed by atoms with E-state index in [4.69, 9.17) is 9.47 Å². The van der Waals surface area contributed by atoms with Crippen LogP contribution in [0.3, 0.4) is 0 Å². The zero-order valence-corrected chi connectivity index (χ0v) is 25.6. The minimum Gasteiger partial charge on any atom is -0.461 e. The summed E-state index contributed by atoms with van der Waals surface area (Å²) >= 11 is 0. The second kappa shape index (κ2) is 28.0. The summed E-state index contributed by atoms with van der Waals surface area (Å²) < 4.78 is 11.4. The highest BCUT2D eigenvalue weighted by Crippen LogP contribution is 2.26. The third-order valence-corrected chi connectivity index (χ3v) is 7.86. The molecule has 0 fully saturated rings. The average Bonchev–Trinajstić information content (AvgIpc) is 2.92. The van der Waals surface area contributed by atoms with Crippen LogP contribution in [0.1, 0.15) is 171 Å². The van der Waals surface area contributed by atoms with Crippen molar-refractivity contribution in [1.82, 2.24) is 0 Å². The monoisotopic (exact) mass is 575 g/mol. The van der Waals surface area contributed by atoms with Gasteiger partial charge < -0.3 is 19.7 Å². The van der Waals surface area contributed by atoms with Crippen LogP contribution in [-0.2, 0) is 19.1 Å². The minimum absolute atomic E-state index is 0. The first-order valence-electron chi connectivity index (χ1n) is 16.0. The van der Waals surface area contributed by atoms with Gasteiger partial charge in [0.05, 0.1) is 24.5 Å². The van der Waals surface area contributed by atoms with Gasteiger partial charge in [-0.1, -0.05) is 146 Å². The number of aliphatic hydroxyl groups is 2. The molecule has 0 aromatic rings. The van der Waals surface area contributed by atoms with E-state index in [0.717, 1.165) is 77.0 Å². The first kappa shape index (κ1) is 43.3. The van der Waals surface area contributed by atoms with Crippen molar-refractivity contribution >= 4 is 11.9 Å². The molecule has 0 bridgehead atoms. The van der Waals surface area contributed by atoms with Crippen LogP contribution in [0.2, 0.25) is 0 Å². The van der Waals surface area contributed by atoms with Crippen molar-refractivity contribution in [2.45, 2.75) is 183 Å². The Balaban J connectivity index is -0.00000684. The molecule has 6 nitrogen and oxygen atoms in total. The molecule has 40 heavy (non-hydrogen) atoms. The minimum atomic E-state index is -1.28. The zero-order chi connectivity index (χ0) is 28.7. The summed E-state index contributed by atoms with van der Waals surface area (Å²) in [5.41, 5.74) is -1.28. The van der Waals surface area contributed by atoms with E-state index in [2.05, 4.69) is 20.8 Å². The third kappa shape index (κ3) is 19.9. The van der Waals surface area contributed by atoms with Gasteiger partial charge in [0.1, 0.15) is 6.61 Å². The third-order valence-electron chi connectivity index (χ3n) is 7.86. The Morgan fingerprint density at radius 2 is 1.12 bits per heavy atom. The van der Waals surface area contributed by atoms with Crippen LogP contribution in [0, 0.1) is 11.8 Å². The van der Waals surface area contributed by atoms with E-state index >= 15 is 0 Å². The summed E-state index contributed by atoms with van der Waals surface area (Å²) in [5, 5.41) is 21.1. The van der Waals surface area contributed by atoms with E-state index < -0.39 is 30.2 Å². The van der Waals surface area contributed by atoms with Gasteiger partial charge in [0, 0.05) is 0 Å². The van der Waals surface area contributed by atoms with Crippen LogP contribution in [0.25, 0.3) is 0 Å².